The van der Waals surface area contributed by atoms with E-state index in [1.165, 1.54) is 5.56 Å². The van der Waals surface area contributed by atoms with Crippen molar-refractivity contribution in [2.24, 2.45) is 0 Å². The molecule has 0 fully saturated rings. The van der Waals surface area contributed by atoms with Gasteiger partial charge in [0.2, 0.25) is 12.7 Å². The van der Waals surface area contributed by atoms with Crippen molar-refractivity contribution in [2.45, 2.75) is 32.1 Å². The number of carbonyl (C=O) groups is 1. The lowest BCUT2D eigenvalue weighted by molar-refractivity contribution is -0.130. The van der Waals surface area contributed by atoms with Crippen LogP contribution in [-0.4, -0.2) is 30.7 Å². The lowest BCUT2D eigenvalue weighted by Crippen LogP contribution is -2.31. The second-order valence-corrected chi connectivity index (χ2v) is 5.63. The molecule has 0 radical (unpaired) electrons. The quantitative estimate of drug-likeness (QED) is 0.649. The van der Waals surface area contributed by atoms with E-state index in [0.717, 1.165) is 24.3 Å². The van der Waals surface area contributed by atoms with Gasteiger partial charge in [0.15, 0.2) is 11.5 Å². The molecule has 0 aliphatic carbocycles. The fraction of sp³-hybridized carbons (Fsp3) is 0.421. The summed E-state index contributed by atoms with van der Waals surface area (Å²) in [5.41, 5.74) is 1.20. The highest BCUT2D eigenvalue weighted by molar-refractivity contribution is 5.76. The molecule has 1 aromatic rings. The maximum absolute atomic E-state index is 12.3. The van der Waals surface area contributed by atoms with E-state index in [4.69, 9.17) is 9.47 Å². The highest BCUT2D eigenvalue weighted by Crippen LogP contribution is 2.36. The molecule has 4 heteroatoms. The van der Waals surface area contributed by atoms with Gasteiger partial charge in [-0.1, -0.05) is 25.1 Å². The van der Waals surface area contributed by atoms with Crippen LogP contribution in [0.15, 0.2) is 43.5 Å². The topological polar surface area (TPSA) is 38.8 Å². The third-order valence-electron chi connectivity index (χ3n) is 4.12. The Labute approximate surface area is 138 Å². The molecule has 1 aliphatic heterocycles. The summed E-state index contributed by atoms with van der Waals surface area (Å²) in [7, 11) is 0. The molecule has 124 valence electrons. The molecule has 1 amide bonds. The van der Waals surface area contributed by atoms with Crippen LogP contribution >= 0.6 is 0 Å². The van der Waals surface area contributed by atoms with Crippen molar-refractivity contribution < 1.29 is 14.3 Å². The van der Waals surface area contributed by atoms with E-state index in [9.17, 15) is 4.79 Å². The average molecular weight is 315 g/mol. The second kappa shape index (κ2) is 8.42. The third kappa shape index (κ3) is 4.38. The average Bonchev–Trinajstić information content (AvgIpc) is 3.02. The van der Waals surface area contributed by atoms with Crippen LogP contribution in [0.5, 0.6) is 11.5 Å². The number of nitrogens with zero attached hydrogens (tertiary/aromatic N) is 1. The molecule has 1 aliphatic rings. The Morgan fingerprint density at radius 1 is 1.26 bits per heavy atom. The molecule has 0 saturated carbocycles. The van der Waals surface area contributed by atoms with E-state index in [-0.39, 0.29) is 12.7 Å². The fourth-order valence-electron chi connectivity index (χ4n) is 2.82. The van der Waals surface area contributed by atoms with Crippen LogP contribution in [0.2, 0.25) is 0 Å². The standard InChI is InChI=1S/C19H25NO3/c1-4-11-20(12-5-2)19(21)10-8-15(6-3)16-7-9-17-18(13-16)23-14-22-17/h4-5,7,9,13,15H,1-2,6,8,10-12,14H2,3H3. The number of fused-ring (bicyclic) bond motifs is 1. The number of hydrogen-bond acceptors (Lipinski definition) is 3. The number of benzene rings is 1. The van der Waals surface area contributed by atoms with Gasteiger partial charge in [-0.15, -0.1) is 13.2 Å². The Morgan fingerprint density at radius 3 is 2.61 bits per heavy atom. The van der Waals surface area contributed by atoms with E-state index < -0.39 is 0 Å². The Morgan fingerprint density at radius 2 is 1.96 bits per heavy atom. The number of rotatable bonds is 9. The number of carbonyl (C=O) groups excluding carboxylic acids is 1. The van der Waals surface area contributed by atoms with E-state index in [2.05, 4.69) is 26.1 Å². The van der Waals surface area contributed by atoms with Crippen molar-refractivity contribution >= 4 is 5.91 Å². The van der Waals surface area contributed by atoms with Crippen molar-refractivity contribution in [1.29, 1.82) is 0 Å². The summed E-state index contributed by atoms with van der Waals surface area (Å²) in [5, 5.41) is 0. The third-order valence-corrected chi connectivity index (χ3v) is 4.12. The SMILES string of the molecule is C=CCN(CC=C)C(=O)CCC(CC)c1ccc2c(c1)OCO2. The minimum absolute atomic E-state index is 0.143. The Hall–Kier alpha value is -2.23. The minimum atomic E-state index is 0.143. The fourth-order valence-corrected chi connectivity index (χ4v) is 2.82. The second-order valence-electron chi connectivity index (χ2n) is 5.63. The van der Waals surface area contributed by atoms with Crippen molar-refractivity contribution in [3.8, 4) is 11.5 Å². The van der Waals surface area contributed by atoms with Gasteiger partial charge in [-0.05, 0) is 36.5 Å². The van der Waals surface area contributed by atoms with Gasteiger partial charge in [-0.2, -0.15) is 0 Å². The van der Waals surface area contributed by atoms with Crippen LogP contribution in [0.1, 0.15) is 37.7 Å². The van der Waals surface area contributed by atoms with Gasteiger partial charge in [-0.25, -0.2) is 0 Å². The molecule has 1 unspecified atom stereocenters. The molecule has 1 atom stereocenters. The minimum Gasteiger partial charge on any atom is -0.454 e. The van der Waals surface area contributed by atoms with Gasteiger partial charge in [0, 0.05) is 19.5 Å². The van der Waals surface area contributed by atoms with Crippen LogP contribution < -0.4 is 9.47 Å². The van der Waals surface area contributed by atoms with Crippen molar-refractivity contribution in [1.82, 2.24) is 4.90 Å². The van der Waals surface area contributed by atoms with Crippen LogP contribution in [0.25, 0.3) is 0 Å². The predicted molar refractivity (Wildman–Crippen MR) is 91.8 cm³/mol. The van der Waals surface area contributed by atoms with Crippen molar-refractivity contribution in [3.63, 3.8) is 0 Å². The summed E-state index contributed by atoms with van der Waals surface area (Å²) < 4.78 is 10.8. The molecule has 0 N–H and O–H groups in total. The van der Waals surface area contributed by atoms with Crippen molar-refractivity contribution in [2.75, 3.05) is 19.9 Å². The van der Waals surface area contributed by atoms with Gasteiger partial charge < -0.3 is 14.4 Å². The molecule has 0 bridgehead atoms. The predicted octanol–water partition coefficient (Wildman–Crippen LogP) is 3.89. The summed E-state index contributed by atoms with van der Waals surface area (Å²) in [4.78, 5) is 14.1. The maximum atomic E-state index is 12.3. The lowest BCUT2D eigenvalue weighted by Gasteiger charge is -2.21. The molecule has 2 rings (SSSR count). The highest BCUT2D eigenvalue weighted by Gasteiger charge is 2.19. The number of ether oxygens (including phenoxy) is 2. The zero-order chi connectivity index (χ0) is 16.7. The van der Waals surface area contributed by atoms with E-state index in [0.29, 0.717) is 25.4 Å². The van der Waals surface area contributed by atoms with E-state index in [1.54, 1.807) is 17.1 Å². The first kappa shape index (κ1) is 17.1. The largest absolute Gasteiger partial charge is 0.454 e. The Kier molecular flexibility index (Phi) is 6.27. The van der Waals surface area contributed by atoms with Crippen LogP contribution in [-0.2, 0) is 4.79 Å². The Balaban J connectivity index is 1.97. The molecule has 4 nitrogen and oxygen atoms in total. The van der Waals surface area contributed by atoms with Gasteiger partial charge in [0.05, 0.1) is 0 Å². The normalized spacial score (nSPS) is 13.4. The first-order chi connectivity index (χ1) is 11.2. The molecule has 0 spiro atoms. The Bertz CT molecular complexity index is 558. The smallest absolute Gasteiger partial charge is 0.231 e. The first-order valence-corrected chi connectivity index (χ1v) is 8.08. The van der Waals surface area contributed by atoms with Gasteiger partial charge >= 0.3 is 0 Å². The molecule has 0 aromatic heterocycles. The summed E-state index contributed by atoms with van der Waals surface area (Å²) in [5.74, 6) is 2.07. The van der Waals surface area contributed by atoms with Crippen LogP contribution in [0, 0.1) is 0 Å². The summed E-state index contributed by atoms with van der Waals surface area (Å²) >= 11 is 0. The molecular weight excluding hydrogens is 290 g/mol. The number of amides is 1. The van der Waals surface area contributed by atoms with Crippen LogP contribution in [0.4, 0.5) is 0 Å². The van der Waals surface area contributed by atoms with Gasteiger partial charge in [-0.3, -0.25) is 4.79 Å². The van der Waals surface area contributed by atoms with Crippen molar-refractivity contribution in [3.05, 3.63) is 49.1 Å². The lowest BCUT2D eigenvalue weighted by atomic mass is 9.91. The molecule has 1 aromatic carbocycles. The number of hydrogen-bond donors (Lipinski definition) is 0. The highest BCUT2D eigenvalue weighted by atomic mass is 16.7. The summed E-state index contributed by atoms with van der Waals surface area (Å²) in [6.07, 6.45) is 5.82. The molecule has 23 heavy (non-hydrogen) atoms. The maximum Gasteiger partial charge on any atom is 0.231 e. The zero-order valence-electron chi connectivity index (χ0n) is 13.8. The van der Waals surface area contributed by atoms with E-state index in [1.807, 2.05) is 12.1 Å². The first-order valence-electron chi connectivity index (χ1n) is 8.08. The molecule has 0 saturated heterocycles. The monoisotopic (exact) mass is 315 g/mol. The van der Waals surface area contributed by atoms with Gasteiger partial charge in [0.1, 0.15) is 0 Å². The van der Waals surface area contributed by atoms with Crippen LogP contribution in [0.3, 0.4) is 0 Å². The summed E-state index contributed by atoms with van der Waals surface area (Å²) in [6, 6.07) is 6.05. The molecular formula is C19H25NO3. The van der Waals surface area contributed by atoms with Gasteiger partial charge in [0.25, 0.3) is 0 Å². The summed E-state index contributed by atoms with van der Waals surface area (Å²) in [6.45, 7) is 11.0. The molecule has 1 heterocycles. The van der Waals surface area contributed by atoms with E-state index >= 15 is 0 Å². The zero-order valence-corrected chi connectivity index (χ0v) is 13.8.